The van der Waals surface area contributed by atoms with Gasteiger partial charge >= 0.3 is 0 Å². The van der Waals surface area contributed by atoms with Crippen molar-refractivity contribution >= 4 is 11.8 Å². The Bertz CT molecular complexity index is 1240. The number of rotatable bonds is 7. The molecule has 4 aliphatic rings. The maximum Gasteiger partial charge on any atom is 0.0936 e. The van der Waals surface area contributed by atoms with Crippen molar-refractivity contribution in [2.24, 2.45) is 11.8 Å². The van der Waals surface area contributed by atoms with Crippen LogP contribution in [0.15, 0.2) is 88.7 Å². The molecule has 3 heterocycles. The number of hydrogen-bond donors (Lipinski definition) is 1. The molecule has 43 heavy (non-hydrogen) atoms. The number of piperidine rings is 1. The van der Waals surface area contributed by atoms with Crippen molar-refractivity contribution in [3.8, 4) is 0 Å². The second-order valence-corrected chi connectivity index (χ2v) is 14.7. The molecular formula is C39H52N2OS. The van der Waals surface area contributed by atoms with Crippen molar-refractivity contribution in [1.82, 2.24) is 9.80 Å². The minimum absolute atomic E-state index is 0.441. The van der Waals surface area contributed by atoms with Gasteiger partial charge in [0, 0.05) is 28.8 Å². The summed E-state index contributed by atoms with van der Waals surface area (Å²) in [6, 6.07) is 28.4. The van der Waals surface area contributed by atoms with Gasteiger partial charge in [-0.25, -0.2) is 0 Å². The number of hydrogen-bond acceptors (Lipinski definition) is 4. The highest BCUT2D eigenvalue weighted by molar-refractivity contribution is 7.99. The zero-order valence-electron chi connectivity index (χ0n) is 26.3. The van der Waals surface area contributed by atoms with Crippen LogP contribution in [0, 0.1) is 11.8 Å². The molecule has 230 valence electrons. The standard InChI is InChI=1S/C20H23NS.C19H29NO/c1-21-12-6-7-15(14-21)13-18-16-8-2-4-10-19(16)22-20-11-5-3-9-17(18)20;21-19(17-9-3-1-4-10-17,18-11-5-2-6-12-18)13-16-20-14-7-8-15-20/h2-5,8-11,15,18H,6-7,12-14H2,1H3;1,3-4,9-10,18,21H,2,5-8,11-16H2. The Morgan fingerprint density at radius 1 is 0.721 bits per heavy atom. The first-order valence-electron chi connectivity index (χ1n) is 17.1. The van der Waals surface area contributed by atoms with E-state index in [2.05, 4.69) is 89.6 Å². The van der Waals surface area contributed by atoms with E-state index in [0.29, 0.717) is 11.8 Å². The van der Waals surface area contributed by atoms with Crippen LogP contribution in [0.25, 0.3) is 0 Å². The monoisotopic (exact) mass is 596 g/mol. The Morgan fingerprint density at radius 2 is 1.35 bits per heavy atom. The fraction of sp³-hybridized carbons (Fsp3) is 0.538. The van der Waals surface area contributed by atoms with Crippen LogP contribution in [0.3, 0.4) is 0 Å². The first-order chi connectivity index (χ1) is 21.1. The third-order valence-electron chi connectivity index (χ3n) is 10.7. The fourth-order valence-electron chi connectivity index (χ4n) is 8.29. The predicted octanol–water partition coefficient (Wildman–Crippen LogP) is 8.96. The first kappa shape index (κ1) is 30.9. The van der Waals surface area contributed by atoms with E-state index < -0.39 is 5.60 Å². The van der Waals surface area contributed by atoms with E-state index in [1.54, 1.807) is 11.1 Å². The van der Waals surface area contributed by atoms with E-state index in [-0.39, 0.29) is 0 Å². The van der Waals surface area contributed by atoms with E-state index in [9.17, 15) is 5.11 Å². The molecule has 1 aliphatic carbocycles. The molecule has 0 radical (unpaired) electrons. The molecular weight excluding hydrogens is 545 g/mol. The van der Waals surface area contributed by atoms with Gasteiger partial charge in [0.2, 0.25) is 0 Å². The molecule has 3 fully saturated rings. The van der Waals surface area contributed by atoms with Crippen molar-refractivity contribution in [3.05, 3.63) is 95.6 Å². The average molecular weight is 597 g/mol. The van der Waals surface area contributed by atoms with Crippen LogP contribution in [0.4, 0.5) is 0 Å². The van der Waals surface area contributed by atoms with Gasteiger partial charge in [0.25, 0.3) is 0 Å². The Hall–Kier alpha value is -2.11. The molecule has 3 nitrogen and oxygen atoms in total. The largest absolute Gasteiger partial charge is 0.385 e. The maximum absolute atomic E-state index is 11.5. The predicted molar refractivity (Wildman–Crippen MR) is 181 cm³/mol. The zero-order valence-corrected chi connectivity index (χ0v) is 27.1. The highest BCUT2D eigenvalue weighted by Gasteiger charge is 2.39. The summed E-state index contributed by atoms with van der Waals surface area (Å²) in [6.45, 7) is 6.01. The summed E-state index contributed by atoms with van der Waals surface area (Å²) in [5.41, 5.74) is 3.60. The summed E-state index contributed by atoms with van der Waals surface area (Å²) in [5.74, 6) is 1.84. The summed E-state index contributed by atoms with van der Waals surface area (Å²) in [4.78, 5) is 7.94. The Morgan fingerprint density at radius 3 is 2.00 bits per heavy atom. The fourth-order valence-corrected chi connectivity index (χ4v) is 9.47. The summed E-state index contributed by atoms with van der Waals surface area (Å²) < 4.78 is 0. The number of nitrogens with zero attached hydrogens (tertiary/aromatic N) is 2. The Balaban J connectivity index is 0.000000153. The minimum atomic E-state index is -0.621. The van der Waals surface area contributed by atoms with Crippen molar-refractivity contribution in [2.75, 3.05) is 39.8 Å². The molecule has 0 aromatic heterocycles. The number of likely N-dealkylation sites (tertiary alicyclic amines) is 2. The lowest BCUT2D eigenvalue weighted by Crippen LogP contribution is -2.39. The van der Waals surface area contributed by atoms with Crippen LogP contribution >= 0.6 is 11.8 Å². The summed E-state index contributed by atoms with van der Waals surface area (Å²) in [5, 5.41) is 11.5. The minimum Gasteiger partial charge on any atom is -0.385 e. The van der Waals surface area contributed by atoms with Crippen LogP contribution in [0.2, 0.25) is 0 Å². The average Bonchev–Trinajstić information content (AvgIpc) is 3.59. The van der Waals surface area contributed by atoms with Gasteiger partial charge in [0.15, 0.2) is 0 Å². The first-order valence-corrected chi connectivity index (χ1v) is 18.0. The van der Waals surface area contributed by atoms with Gasteiger partial charge in [-0.2, -0.15) is 0 Å². The molecule has 1 N–H and O–H groups in total. The highest BCUT2D eigenvalue weighted by atomic mass is 32.2. The lowest BCUT2D eigenvalue weighted by atomic mass is 9.71. The molecule has 7 rings (SSSR count). The number of aliphatic hydroxyl groups is 1. The van der Waals surface area contributed by atoms with Crippen LogP contribution < -0.4 is 0 Å². The molecule has 4 heteroatoms. The van der Waals surface area contributed by atoms with Crippen LogP contribution in [-0.4, -0.2) is 54.7 Å². The van der Waals surface area contributed by atoms with Crippen LogP contribution in [0.5, 0.6) is 0 Å². The molecule has 2 unspecified atom stereocenters. The molecule has 2 saturated heterocycles. The van der Waals surface area contributed by atoms with E-state index in [1.165, 1.54) is 100 Å². The maximum atomic E-state index is 11.5. The molecule has 3 aromatic rings. The smallest absolute Gasteiger partial charge is 0.0936 e. The summed E-state index contributed by atoms with van der Waals surface area (Å²) in [6.07, 6.45) is 13.8. The lowest BCUT2D eigenvalue weighted by molar-refractivity contribution is -0.0510. The van der Waals surface area contributed by atoms with Crippen molar-refractivity contribution in [3.63, 3.8) is 0 Å². The molecule has 1 saturated carbocycles. The molecule has 2 atom stereocenters. The highest BCUT2D eigenvalue weighted by Crippen LogP contribution is 2.48. The van der Waals surface area contributed by atoms with Crippen molar-refractivity contribution in [1.29, 1.82) is 0 Å². The van der Waals surface area contributed by atoms with Crippen molar-refractivity contribution < 1.29 is 5.11 Å². The third-order valence-corrected chi connectivity index (χ3v) is 11.8. The van der Waals surface area contributed by atoms with E-state index >= 15 is 0 Å². The normalized spacial score (nSPS) is 23.1. The summed E-state index contributed by atoms with van der Waals surface area (Å²) in [7, 11) is 2.27. The topological polar surface area (TPSA) is 26.7 Å². The molecule has 0 spiro atoms. The van der Waals surface area contributed by atoms with E-state index in [4.69, 9.17) is 0 Å². The van der Waals surface area contributed by atoms with Gasteiger partial charge in [-0.3, -0.25) is 0 Å². The second-order valence-electron chi connectivity index (χ2n) is 13.7. The van der Waals surface area contributed by atoms with Gasteiger partial charge < -0.3 is 14.9 Å². The van der Waals surface area contributed by atoms with Gasteiger partial charge in [-0.05, 0) is 119 Å². The number of benzene rings is 3. The second kappa shape index (κ2) is 14.8. The molecule has 3 aromatic carbocycles. The molecule has 3 aliphatic heterocycles. The third kappa shape index (κ3) is 7.59. The van der Waals surface area contributed by atoms with Crippen molar-refractivity contribution in [2.45, 2.75) is 91.9 Å². The Kier molecular flexibility index (Phi) is 10.6. The quantitative estimate of drug-likeness (QED) is 0.295. The Labute approximate surface area is 265 Å². The van der Waals surface area contributed by atoms with Gasteiger partial charge in [0.1, 0.15) is 0 Å². The van der Waals surface area contributed by atoms with E-state index in [0.717, 1.165) is 24.4 Å². The lowest BCUT2D eigenvalue weighted by Gasteiger charge is -2.40. The van der Waals surface area contributed by atoms with Gasteiger partial charge in [0.05, 0.1) is 5.60 Å². The zero-order chi connectivity index (χ0) is 29.5. The molecule has 0 bridgehead atoms. The summed E-state index contributed by atoms with van der Waals surface area (Å²) >= 11 is 1.94. The SMILES string of the molecule is CN1CCCC(CC2c3ccccc3Sc3ccccc32)C1.OC(CCN1CCCC1)(c1ccccc1)C1CCCCC1. The number of fused-ring (bicyclic) bond motifs is 2. The van der Waals surface area contributed by atoms with Gasteiger partial charge in [-0.1, -0.05) is 97.8 Å². The van der Waals surface area contributed by atoms with Gasteiger partial charge in [-0.15, -0.1) is 0 Å². The van der Waals surface area contributed by atoms with E-state index in [1.807, 2.05) is 17.8 Å². The molecule has 0 amide bonds. The van der Waals surface area contributed by atoms with Crippen LogP contribution in [0.1, 0.15) is 93.2 Å². The van der Waals surface area contributed by atoms with Crippen LogP contribution in [-0.2, 0) is 5.60 Å².